The fourth-order valence-corrected chi connectivity index (χ4v) is 2.84. The molecule has 2 aromatic heterocycles. The van der Waals surface area contributed by atoms with Crippen LogP contribution in [0.25, 0.3) is 0 Å². The monoisotopic (exact) mass is 310 g/mol. The summed E-state index contributed by atoms with van der Waals surface area (Å²) in [6, 6.07) is 2.99. The quantitative estimate of drug-likeness (QED) is 0.614. The second kappa shape index (κ2) is 7.14. The molecule has 114 valence electrons. The number of pyridine rings is 1. The Balaban J connectivity index is 1.90. The highest BCUT2D eigenvalue weighted by Gasteiger charge is 2.14. The van der Waals surface area contributed by atoms with Crippen LogP contribution in [0.2, 0.25) is 0 Å². The molecule has 0 unspecified atom stereocenters. The maximum Gasteiger partial charge on any atom is 0.240 e. The lowest BCUT2D eigenvalue weighted by atomic mass is 10.3. The van der Waals surface area contributed by atoms with E-state index >= 15 is 0 Å². The number of nitrogens with one attached hydrogen (secondary N) is 3. The zero-order valence-corrected chi connectivity index (χ0v) is 12.5. The van der Waals surface area contributed by atoms with E-state index in [4.69, 9.17) is 0 Å². The summed E-state index contributed by atoms with van der Waals surface area (Å²) >= 11 is 0. The predicted octanol–water partition coefficient (Wildman–Crippen LogP) is 0.543. The highest BCUT2D eigenvalue weighted by Crippen LogP contribution is 2.12. The zero-order valence-electron chi connectivity index (χ0n) is 11.7. The summed E-state index contributed by atoms with van der Waals surface area (Å²) < 4.78 is 26.9. The summed E-state index contributed by atoms with van der Waals surface area (Å²) in [6.45, 7) is 2.94. The summed E-state index contributed by atoms with van der Waals surface area (Å²) in [5.41, 5.74) is 0. The molecule has 0 spiro atoms. The van der Waals surface area contributed by atoms with Crippen molar-refractivity contribution in [1.29, 1.82) is 0 Å². The molecule has 2 heterocycles. The molecule has 0 amide bonds. The van der Waals surface area contributed by atoms with Gasteiger partial charge in [-0.2, -0.15) is 5.10 Å². The van der Waals surface area contributed by atoms with Crippen molar-refractivity contribution in [3.63, 3.8) is 0 Å². The number of aryl methyl sites for hydroxylation is 1. The van der Waals surface area contributed by atoms with Gasteiger partial charge in [-0.25, -0.2) is 23.1 Å². The Bertz CT molecular complexity index is 656. The fourth-order valence-electron chi connectivity index (χ4n) is 1.75. The van der Waals surface area contributed by atoms with Crippen LogP contribution in [-0.2, 0) is 16.4 Å². The van der Waals surface area contributed by atoms with Crippen molar-refractivity contribution in [3.8, 4) is 0 Å². The molecule has 0 bridgehead atoms. The fraction of sp³-hybridized carbons (Fsp3) is 0.417. The minimum atomic E-state index is -3.52. The van der Waals surface area contributed by atoms with Crippen molar-refractivity contribution in [2.45, 2.75) is 24.7 Å². The maximum absolute atomic E-state index is 12.1. The lowest BCUT2D eigenvalue weighted by Crippen LogP contribution is -2.25. The van der Waals surface area contributed by atoms with Crippen molar-refractivity contribution in [2.75, 3.05) is 18.4 Å². The van der Waals surface area contributed by atoms with Gasteiger partial charge in [-0.3, -0.25) is 5.10 Å². The first-order chi connectivity index (χ1) is 10.1. The first-order valence-corrected chi connectivity index (χ1v) is 8.14. The Morgan fingerprint density at radius 1 is 1.33 bits per heavy atom. The van der Waals surface area contributed by atoms with Crippen LogP contribution >= 0.6 is 0 Å². The van der Waals surface area contributed by atoms with Crippen molar-refractivity contribution >= 4 is 15.8 Å². The van der Waals surface area contributed by atoms with E-state index in [9.17, 15) is 8.42 Å². The maximum atomic E-state index is 12.1. The summed E-state index contributed by atoms with van der Waals surface area (Å²) in [4.78, 5) is 8.23. The lowest BCUT2D eigenvalue weighted by molar-refractivity contribution is 0.578. The Hall–Kier alpha value is -2.00. The van der Waals surface area contributed by atoms with Crippen molar-refractivity contribution in [3.05, 3.63) is 30.5 Å². The van der Waals surface area contributed by atoms with E-state index in [0.717, 1.165) is 5.82 Å². The molecule has 0 aromatic carbocycles. The standard InChI is InChI=1S/C12H18N6O2S/c1-2-13-12-8-10(5-7-14-12)21(19,20)17-6-3-4-11-15-9-16-18-11/h5,7-9,17H,2-4,6H2,1H3,(H,13,14)(H,15,16,18). The molecular weight excluding hydrogens is 292 g/mol. The molecule has 2 rings (SSSR count). The second-order valence-corrected chi connectivity index (χ2v) is 6.11. The molecular formula is C12H18N6O2S. The predicted molar refractivity (Wildman–Crippen MR) is 78.3 cm³/mol. The van der Waals surface area contributed by atoms with Gasteiger partial charge in [0.05, 0.1) is 4.90 Å². The van der Waals surface area contributed by atoms with Gasteiger partial charge in [-0.1, -0.05) is 0 Å². The molecule has 0 atom stereocenters. The molecule has 0 fully saturated rings. The van der Waals surface area contributed by atoms with Crippen molar-refractivity contribution in [1.82, 2.24) is 24.9 Å². The molecule has 8 nitrogen and oxygen atoms in total. The van der Waals surface area contributed by atoms with E-state index in [2.05, 4.69) is 30.2 Å². The van der Waals surface area contributed by atoms with Crippen LogP contribution in [0.3, 0.4) is 0 Å². The third-order valence-corrected chi connectivity index (χ3v) is 4.21. The van der Waals surface area contributed by atoms with Crippen LogP contribution in [0.15, 0.2) is 29.6 Å². The number of anilines is 1. The molecule has 2 aromatic rings. The van der Waals surface area contributed by atoms with Gasteiger partial charge in [-0.15, -0.1) is 0 Å². The number of hydrogen-bond acceptors (Lipinski definition) is 6. The van der Waals surface area contributed by atoms with E-state index in [1.54, 1.807) is 0 Å². The third kappa shape index (κ3) is 4.50. The van der Waals surface area contributed by atoms with Crippen LogP contribution in [0.1, 0.15) is 19.2 Å². The summed E-state index contributed by atoms with van der Waals surface area (Å²) in [7, 11) is -3.52. The van der Waals surface area contributed by atoms with Gasteiger partial charge in [0.1, 0.15) is 18.0 Å². The van der Waals surface area contributed by atoms with Gasteiger partial charge < -0.3 is 5.32 Å². The third-order valence-electron chi connectivity index (χ3n) is 2.75. The zero-order chi connectivity index (χ0) is 15.1. The Morgan fingerprint density at radius 2 is 2.19 bits per heavy atom. The number of aromatic nitrogens is 4. The average molecular weight is 310 g/mol. The molecule has 21 heavy (non-hydrogen) atoms. The molecule has 0 radical (unpaired) electrons. The van der Waals surface area contributed by atoms with E-state index in [1.165, 1.54) is 24.7 Å². The highest BCUT2D eigenvalue weighted by atomic mass is 32.2. The Labute approximate surface area is 123 Å². The molecule has 0 aliphatic carbocycles. The van der Waals surface area contributed by atoms with Gasteiger partial charge in [0.15, 0.2) is 0 Å². The van der Waals surface area contributed by atoms with Crippen molar-refractivity contribution < 1.29 is 8.42 Å². The molecule has 3 N–H and O–H groups in total. The Kier molecular flexibility index (Phi) is 5.23. The molecule has 0 aliphatic rings. The van der Waals surface area contributed by atoms with Crippen LogP contribution in [0.5, 0.6) is 0 Å². The number of rotatable bonds is 8. The smallest absolute Gasteiger partial charge is 0.240 e. The second-order valence-electron chi connectivity index (χ2n) is 4.34. The first-order valence-electron chi connectivity index (χ1n) is 6.65. The normalized spacial score (nSPS) is 11.5. The topological polar surface area (TPSA) is 113 Å². The largest absolute Gasteiger partial charge is 0.370 e. The number of aromatic amines is 1. The average Bonchev–Trinajstić information content (AvgIpc) is 2.98. The summed E-state index contributed by atoms with van der Waals surface area (Å²) in [5, 5.41) is 9.45. The number of hydrogen-bond donors (Lipinski definition) is 3. The molecule has 0 saturated heterocycles. The number of H-pyrrole nitrogens is 1. The van der Waals surface area contributed by atoms with E-state index in [-0.39, 0.29) is 4.90 Å². The number of nitrogens with zero attached hydrogens (tertiary/aromatic N) is 3. The minimum Gasteiger partial charge on any atom is -0.370 e. The van der Waals surface area contributed by atoms with Crippen LogP contribution in [-0.4, -0.2) is 41.7 Å². The van der Waals surface area contributed by atoms with E-state index < -0.39 is 10.0 Å². The molecule has 9 heteroatoms. The van der Waals surface area contributed by atoms with Gasteiger partial charge in [0.25, 0.3) is 0 Å². The van der Waals surface area contributed by atoms with Gasteiger partial charge in [0, 0.05) is 31.8 Å². The van der Waals surface area contributed by atoms with Gasteiger partial charge >= 0.3 is 0 Å². The van der Waals surface area contributed by atoms with Gasteiger partial charge in [-0.05, 0) is 19.4 Å². The summed E-state index contributed by atoms with van der Waals surface area (Å²) in [6.07, 6.45) is 4.18. The Morgan fingerprint density at radius 3 is 2.90 bits per heavy atom. The first kappa shape index (κ1) is 15.4. The molecule has 0 aliphatic heterocycles. The number of sulfonamides is 1. The van der Waals surface area contributed by atoms with Crippen LogP contribution in [0, 0.1) is 0 Å². The lowest BCUT2D eigenvalue weighted by Gasteiger charge is -2.08. The van der Waals surface area contributed by atoms with Crippen LogP contribution in [0.4, 0.5) is 5.82 Å². The van der Waals surface area contributed by atoms with E-state index in [0.29, 0.717) is 31.7 Å². The summed E-state index contributed by atoms with van der Waals surface area (Å²) in [5.74, 6) is 1.29. The highest BCUT2D eigenvalue weighted by molar-refractivity contribution is 7.89. The molecule has 0 saturated carbocycles. The minimum absolute atomic E-state index is 0.202. The van der Waals surface area contributed by atoms with E-state index in [1.807, 2.05) is 6.92 Å². The van der Waals surface area contributed by atoms with Gasteiger partial charge in [0.2, 0.25) is 10.0 Å². The SMILES string of the molecule is CCNc1cc(S(=O)(=O)NCCCc2ncn[nH]2)ccn1. The van der Waals surface area contributed by atoms with Crippen molar-refractivity contribution in [2.24, 2.45) is 0 Å². The van der Waals surface area contributed by atoms with Crippen LogP contribution < -0.4 is 10.0 Å².